The van der Waals surface area contributed by atoms with Gasteiger partial charge < -0.3 is 14.5 Å². The van der Waals surface area contributed by atoms with Gasteiger partial charge in [0, 0.05) is 30.0 Å². The lowest BCUT2D eigenvalue weighted by Crippen LogP contribution is -2.65. The number of aryl methyl sites for hydroxylation is 1. The number of esters is 1. The fourth-order valence-electron chi connectivity index (χ4n) is 5.63. The molecule has 1 N–H and O–H groups in total. The molecule has 3 aromatic rings. The summed E-state index contributed by atoms with van der Waals surface area (Å²) in [7, 11) is 0. The molecule has 0 amide bonds. The number of ketones is 1. The molecule has 2 atom stereocenters. The van der Waals surface area contributed by atoms with Crippen molar-refractivity contribution in [2.45, 2.75) is 31.9 Å². The van der Waals surface area contributed by atoms with E-state index in [9.17, 15) is 9.59 Å². The topological polar surface area (TPSA) is 55.4 Å². The van der Waals surface area contributed by atoms with Gasteiger partial charge in [0.25, 0.3) is 0 Å². The number of benzene rings is 3. The fourth-order valence-corrected chi connectivity index (χ4v) is 5.63. The Morgan fingerprint density at radius 1 is 0.914 bits per heavy atom. The molecule has 3 saturated heterocycles. The van der Waals surface area contributed by atoms with Gasteiger partial charge in [-0.15, -0.1) is 0 Å². The lowest BCUT2D eigenvalue weighted by molar-refractivity contribution is -0.938. The van der Waals surface area contributed by atoms with Crippen molar-refractivity contribution in [1.29, 1.82) is 0 Å². The Balaban J connectivity index is 1.32. The minimum Gasteiger partial charge on any atom is -0.454 e. The number of Topliss-reactive ketones (excluding diaryl/α,β-unsaturated/α-hetero) is 1. The number of para-hydroxylation sites is 1. The highest BCUT2D eigenvalue weighted by Crippen LogP contribution is 2.37. The predicted octanol–water partition coefficient (Wildman–Crippen LogP) is 5.18. The number of carbonyl (C=O) groups excluding carboxylic acids is 2. The van der Waals surface area contributed by atoms with Gasteiger partial charge in [-0.3, -0.25) is 4.79 Å². The van der Waals surface area contributed by atoms with Crippen LogP contribution >= 0.6 is 0 Å². The second-order valence-electron chi connectivity index (χ2n) is 10.0. The first kappa shape index (κ1) is 23.3. The number of nitrogens with one attached hydrogen (secondary N) is 1. The molecular formula is C30H33N2O3+. The Morgan fingerprint density at radius 3 is 2.23 bits per heavy atom. The SMILES string of the molecule is Cc1ccccc1NC(C(=O)OC1C[N+]2(CC(=O)c3ccccc3)CCC1CC2)c1ccccc1. The van der Waals surface area contributed by atoms with Crippen LogP contribution in [0.25, 0.3) is 0 Å². The van der Waals surface area contributed by atoms with E-state index < -0.39 is 6.04 Å². The largest absolute Gasteiger partial charge is 0.454 e. The molecular weight excluding hydrogens is 436 g/mol. The molecule has 35 heavy (non-hydrogen) atoms. The Labute approximate surface area is 207 Å². The van der Waals surface area contributed by atoms with Crippen LogP contribution in [0.1, 0.15) is 40.4 Å². The lowest BCUT2D eigenvalue weighted by Gasteiger charge is -2.51. The molecule has 2 bridgehead atoms. The summed E-state index contributed by atoms with van der Waals surface area (Å²) in [5.74, 6) is 0.269. The van der Waals surface area contributed by atoms with Gasteiger partial charge in [0.15, 0.2) is 12.1 Å². The van der Waals surface area contributed by atoms with E-state index in [4.69, 9.17) is 4.74 Å². The third-order valence-corrected chi connectivity index (χ3v) is 7.70. The van der Waals surface area contributed by atoms with Crippen molar-refractivity contribution in [3.63, 3.8) is 0 Å². The molecule has 3 aliphatic rings. The first-order valence-corrected chi connectivity index (χ1v) is 12.5. The average Bonchev–Trinajstić information content (AvgIpc) is 2.89. The highest BCUT2D eigenvalue weighted by molar-refractivity contribution is 5.97. The van der Waals surface area contributed by atoms with Crippen LogP contribution in [-0.2, 0) is 9.53 Å². The van der Waals surface area contributed by atoms with Crippen LogP contribution in [0.2, 0.25) is 0 Å². The van der Waals surface area contributed by atoms with E-state index in [1.165, 1.54) is 0 Å². The number of anilines is 1. The summed E-state index contributed by atoms with van der Waals surface area (Å²) >= 11 is 0. The molecule has 0 aromatic heterocycles. The Bertz CT molecular complexity index is 1170. The molecule has 0 spiro atoms. The number of nitrogens with zero attached hydrogens (tertiary/aromatic N) is 1. The third-order valence-electron chi connectivity index (χ3n) is 7.70. The minimum absolute atomic E-state index is 0.166. The molecule has 5 heteroatoms. The van der Waals surface area contributed by atoms with E-state index in [1.807, 2.05) is 91.9 Å². The van der Waals surface area contributed by atoms with Crippen molar-refractivity contribution in [3.05, 3.63) is 102 Å². The van der Waals surface area contributed by atoms with E-state index in [2.05, 4.69) is 5.32 Å². The first-order chi connectivity index (χ1) is 17.0. The minimum atomic E-state index is -0.591. The quantitative estimate of drug-likeness (QED) is 0.280. The second-order valence-corrected chi connectivity index (χ2v) is 10.0. The monoisotopic (exact) mass is 469 g/mol. The zero-order valence-electron chi connectivity index (χ0n) is 20.2. The summed E-state index contributed by atoms with van der Waals surface area (Å²) in [6, 6.07) is 26.7. The van der Waals surface area contributed by atoms with Crippen molar-refractivity contribution in [1.82, 2.24) is 0 Å². The number of fused-ring (bicyclic) bond motifs is 3. The molecule has 3 fully saturated rings. The number of carbonyl (C=O) groups is 2. The predicted molar refractivity (Wildman–Crippen MR) is 137 cm³/mol. The second kappa shape index (κ2) is 10.0. The van der Waals surface area contributed by atoms with Gasteiger partial charge in [0.1, 0.15) is 13.1 Å². The van der Waals surface area contributed by atoms with Crippen LogP contribution in [0.15, 0.2) is 84.9 Å². The van der Waals surface area contributed by atoms with Crippen molar-refractivity contribution in [3.8, 4) is 0 Å². The van der Waals surface area contributed by atoms with Gasteiger partial charge in [-0.1, -0.05) is 78.9 Å². The Hall–Kier alpha value is -3.44. The standard InChI is InChI=1S/C30H33N2O3/c1-22-10-8-9-15-26(22)31-29(25-13-6-3-7-14-25)30(34)35-28-21-32(18-16-24(28)17-19-32)20-27(33)23-11-4-2-5-12-23/h2-15,24,28-29,31H,16-21H2,1H3/q+1. The molecule has 3 aromatic carbocycles. The highest BCUT2D eigenvalue weighted by Gasteiger charge is 2.49. The summed E-state index contributed by atoms with van der Waals surface area (Å²) in [4.78, 5) is 26.6. The van der Waals surface area contributed by atoms with E-state index in [-0.39, 0.29) is 17.9 Å². The van der Waals surface area contributed by atoms with E-state index >= 15 is 0 Å². The summed E-state index contributed by atoms with van der Waals surface area (Å²) < 4.78 is 6.95. The smallest absolute Gasteiger partial charge is 0.333 e. The molecule has 3 aliphatic heterocycles. The maximum atomic E-state index is 13.6. The van der Waals surface area contributed by atoms with E-state index in [0.717, 1.165) is 48.3 Å². The number of hydrogen-bond acceptors (Lipinski definition) is 4. The van der Waals surface area contributed by atoms with Crippen molar-refractivity contribution < 1.29 is 18.8 Å². The summed E-state index contributed by atoms with van der Waals surface area (Å²) in [5, 5.41) is 3.43. The number of rotatable bonds is 8. The van der Waals surface area contributed by atoms with Crippen LogP contribution in [0.3, 0.4) is 0 Å². The van der Waals surface area contributed by atoms with Gasteiger partial charge >= 0.3 is 5.97 Å². The molecule has 3 heterocycles. The van der Waals surface area contributed by atoms with Gasteiger partial charge in [0.2, 0.25) is 5.78 Å². The van der Waals surface area contributed by atoms with Crippen molar-refractivity contribution in [2.75, 3.05) is 31.5 Å². The van der Waals surface area contributed by atoms with Gasteiger partial charge in [-0.05, 0) is 24.1 Å². The van der Waals surface area contributed by atoms with Crippen LogP contribution in [0, 0.1) is 12.8 Å². The van der Waals surface area contributed by atoms with E-state index in [0.29, 0.717) is 23.5 Å². The van der Waals surface area contributed by atoms with Crippen LogP contribution < -0.4 is 5.32 Å². The van der Waals surface area contributed by atoms with Crippen LogP contribution in [0.5, 0.6) is 0 Å². The van der Waals surface area contributed by atoms with Crippen molar-refractivity contribution in [2.24, 2.45) is 5.92 Å². The normalized spacial score (nSPS) is 23.9. The molecule has 6 rings (SSSR count). The number of ether oxygens (including phenoxy) is 1. The van der Waals surface area contributed by atoms with Crippen molar-refractivity contribution >= 4 is 17.4 Å². The maximum Gasteiger partial charge on any atom is 0.333 e. The Morgan fingerprint density at radius 2 is 1.54 bits per heavy atom. The van der Waals surface area contributed by atoms with Crippen LogP contribution in [0.4, 0.5) is 5.69 Å². The summed E-state index contributed by atoms with van der Waals surface area (Å²) in [6.45, 7) is 5.15. The number of quaternary nitrogens is 1. The Kier molecular flexibility index (Phi) is 6.69. The first-order valence-electron chi connectivity index (χ1n) is 12.5. The molecule has 5 nitrogen and oxygen atoms in total. The van der Waals surface area contributed by atoms with Gasteiger partial charge in [-0.25, -0.2) is 4.79 Å². The van der Waals surface area contributed by atoms with E-state index in [1.54, 1.807) is 0 Å². The number of piperidine rings is 3. The van der Waals surface area contributed by atoms with Crippen LogP contribution in [-0.4, -0.2) is 48.5 Å². The summed E-state index contributed by atoms with van der Waals surface area (Å²) in [5.41, 5.74) is 3.63. The van der Waals surface area contributed by atoms with Gasteiger partial charge in [0.05, 0.1) is 13.1 Å². The third kappa shape index (κ3) is 5.15. The molecule has 0 aliphatic carbocycles. The zero-order chi connectivity index (χ0) is 24.3. The molecule has 2 unspecified atom stereocenters. The molecule has 0 saturated carbocycles. The average molecular weight is 470 g/mol. The number of hydrogen-bond donors (Lipinski definition) is 1. The molecule has 0 radical (unpaired) electrons. The highest BCUT2D eigenvalue weighted by atomic mass is 16.5. The molecule has 180 valence electrons. The lowest BCUT2D eigenvalue weighted by atomic mass is 9.82. The maximum absolute atomic E-state index is 13.6. The summed E-state index contributed by atoms with van der Waals surface area (Å²) in [6.07, 6.45) is 1.81. The van der Waals surface area contributed by atoms with Gasteiger partial charge in [-0.2, -0.15) is 0 Å². The zero-order valence-corrected chi connectivity index (χ0v) is 20.2. The fraction of sp³-hybridized carbons (Fsp3) is 0.333.